The highest BCUT2D eigenvalue weighted by Gasteiger charge is 2.16. The van der Waals surface area contributed by atoms with Gasteiger partial charge in [-0.2, -0.15) is 0 Å². The quantitative estimate of drug-likeness (QED) is 0.789. The van der Waals surface area contributed by atoms with Gasteiger partial charge in [-0.1, -0.05) is 36.0 Å². The van der Waals surface area contributed by atoms with Gasteiger partial charge in [0.1, 0.15) is 10.5 Å². The van der Waals surface area contributed by atoms with E-state index >= 15 is 0 Å². The van der Waals surface area contributed by atoms with Crippen LogP contribution in [0, 0.1) is 4.64 Å². The number of aromatic nitrogens is 2. The van der Waals surface area contributed by atoms with Crippen molar-refractivity contribution >= 4 is 23.8 Å². The molecule has 1 aliphatic rings. The maximum absolute atomic E-state index is 6.17. The van der Waals surface area contributed by atoms with E-state index in [2.05, 4.69) is 9.97 Å². The summed E-state index contributed by atoms with van der Waals surface area (Å²) in [6.45, 7) is 0. The maximum atomic E-state index is 6.17. The molecule has 3 rings (SSSR count). The topological polar surface area (TPSA) is 28.7 Å². The van der Waals surface area contributed by atoms with Crippen LogP contribution in [0.25, 0.3) is 11.4 Å². The number of benzene rings is 1. The number of fused-ring (bicyclic) bond motifs is 1. The van der Waals surface area contributed by atoms with Gasteiger partial charge in [0, 0.05) is 16.8 Å². The summed E-state index contributed by atoms with van der Waals surface area (Å²) >= 11 is 11.5. The highest BCUT2D eigenvalue weighted by atomic mass is 35.5. The van der Waals surface area contributed by atoms with Crippen molar-refractivity contribution in [3.8, 4) is 11.4 Å². The molecule has 0 atom stereocenters. The lowest BCUT2D eigenvalue weighted by atomic mass is 10.2. The molecule has 86 valence electrons. The molecule has 0 unspecified atom stereocenters. The van der Waals surface area contributed by atoms with Crippen LogP contribution in [0.3, 0.4) is 0 Å². The summed E-state index contributed by atoms with van der Waals surface area (Å²) in [6, 6.07) is 7.68. The lowest BCUT2D eigenvalue weighted by molar-refractivity contribution is 0.899. The second-order valence-corrected chi connectivity index (χ2v) is 4.97. The number of nitrogens with one attached hydrogen (secondary N) is 1. The van der Waals surface area contributed by atoms with Gasteiger partial charge in [0.2, 0.25) is 0 Å². The summed E-state index contributed by atoms with van der Waals surface area (Å²) in [5, 5.41) is 0.698. The van der Waals surface area contributed by atoms with Crippen molar-refractivity contribution in [1.29, 1.82) is 0 Å². The first-order valence-corrected chi connectivity index (χ1v) is 6.41. The molecule has 2 nitrogen and oxygen atoms in total. The summed E-state index contributed by atoms with van der Waals surface area (Å²) in [6.07, 6.45) is 3.25. The minimum atomic E-state index is 0.698. The standard InChI is InChI=1S/C13H11ClN2S/c14-10-6-2-1-4-8(10)12-15-11-7-3-5-9(11)13(17)16-12/h1-2,4,6H,3,5,7H2,(H,15,16,17). The van der Waals surface area contributed by atoms with Gasteiger partial charge < -0.3 is 4.98 Å². The molecule has 0 bridgehead atoms. The van der Waals surface area contributed by atoms with Gasteiger partial charge in [0.25, 0.3) is 0 Å². The molecule has 1 aromatic heterocycles. The Bertz CT molecular complexity index is 634. The first-order chi connectivity index (χ1) is 8.25. The zero-order chi connectivity index (χ0) is 11.8. The van der Waals surface area contributed by atoms with Crippen LogP contribution in [0.4, 0.5) is 0 Å². The Morgan fingerprint density at radius 2 is 2.06 bits per heavy atom. The van der Waals surface area contributed by atoms with Crippen LogP contribution in [-0.4, -0.2) is 9.97 Å². The van der Waals surface area contributed by atoms with Crippen molar-refractivity contribution in [2.24, 2.45) is 0 Å². The molecule has 0 saturated heterocycles. The van der Waals surface area contributed by atoms with E-state index in [1.807, 2.05) is 24.3 Å². The normalized spacial score (nSPS) is 13.7. The number of H-pyrrole nitrogens is 1. The van der Waals surface area contributed by atoms with E-state index in [0.717, 1.165) is 30.7 Å². The van der Waals surface area contributed by atoms with Crippen molar-refractivity contribution in [3.63, 3.8) is 0 Å². The van der Waals surface area contributed by atoms with Crippen molar-refractivity contribution < 1.29 is 0 Å². The van der Waals surface area contributed by atoms with Gasteiger partial charge in [0.05, 0.1) is 5.02 Å². The molecule has 0 amide bonds. The molecule has 0 saturated carbocycles. The van der Waals surface area contributed by atoms with Gasteiger partial charge >= 0.3 is 0 Å². The summed E-state index contributed by atoms with van der Waals surface area (Å²) in [5.41, 5.74) is 3.34. The number of halogens is 1. The molecule has 1 N–H and O–H groups in total. The van der Waals surface area contributed by atoms with Crippen LogP contribution < -0.4 is 0 Å². The molecule has 1 aliphatic carbocycles. The predicted octanol–water partition coefficient (Wildman–Crippen LogP) is 3.95. The third-order valence-corrected chi connectivity index (χ3v) is 3.75. The highest BCUT2D eigenvalue weighted by Crippen LogP contribution is 2.28. The Morgan fingerprint density at radius 3 is 2.88 bits per heavy atom. The third kappa shape index (κ3) is 1.90. The Labute approximate surface area is 110 Å². The molecular formula is C13H11ClN2S. The Balaban J connectivity index is 2.20. The Kier molecular flexibility index (Phi) is 2.73. The minimum absolute atomic E-state index is 0.698. The van der Waals surface area contributed by atoms with Gasteiger partial charge in [-0.15, -0.1) is 0 Å². The largest absolute Gasteiger partial charge is 0.343 e. The molecule has 0 radical (unpaired) electrons. The molecule has 2 aromatic rings. The molecule has 0 spiro atoms. The summed E-state index contributed by atoms with van der Waals surface area (Å²) < 4.78 is 0.714. The van der Waals surface area contributed by atoms with E-state index in [0.29, 0.717) is 9.66 Å². The average molecular weight is 263 g/mol. The number of rotatable bonds is 1. The second-order valence-electron chi connectivity index (χ2n) is 4.18. The van der Waals surface area contributed by atoms with Gasteiger partial charge in [-0.25, -0.2) is 4.98 Å². The monoisotopic (exact) mass is 262 g/mol. The SMILES string of the molecule is S=c1nc(-c2ccccc2Cl)[nH]c2c1CCC2. The zero-order valence-electron chi connectivity index (χ0n) is 9.16. The lowest BCUT2D eigenvalue weighted by Crippen LogP contribution is -1.97. The first-order valence-electron chi connectivity index (χ1n) is 5.62. The number of nitrogens with zero attached hydrogens (tertiary/aromatic N) is 1. The first kappa shape index (κ1) is 10.9. The van der Waals surface area contributed by atoms with Gasteiger partial charge in [-0.05, 0) is 31.4 Å². The molecule has 1 aromatic carbocycles. The van der Waals surface area contributed by atoms with E-state index in [1.165, 1.54) is 11.3 Å². The number of hydrogen-bond donors (Lipinski definition) is 1. The van der Waals surface area contributed by atoms with Crippen LogP contribution >= 0.6 is 23.8 Å². The van der Waals surface area contributed by atoms with E-state index in [-0.39, 0.29) is 0 Å². The molecular weight excluding hydrogens is 252 g/mol. The molecule has 17 heavy (non-hydrogen) atoms. The molecule has 4 heteroatoms. The smallest absolute Gasteiger partial charge is 0.140 e. The molecule has 0 aliphatic heterocycles. The van der Waals surface area contributed by atoms with Crippen LogP contribution in [0.15, 0.2) is 24.3 Å². The van der Waals surface area contributed by atoms with E-state index in [1.54, 1.807) is 0 Å². The fourth-order valence-electron chi connectivity index (χ4n) is 2.24. The summed E-state index contributed by atoms with van der Waals surface area (Å²) in [7, 11) is 0. The number of aryl methyl sites for hydroxylation is 1. The van der Waals surface area contributed by atoms with Crippen LogP contribution in [-0.2, 0) is 12.8 Å². The fraction of sp³-hybridized carbons (Fsp3) is 0.231. The summed E-state index contributed by atoms with van der Waals surface area (Å²) in [4.78, 5) is 7.81. The maximum Gasteiger partial charge on any atom is 0.140 e. The minimum Gasteiger partial charge on any atom is -0.343 e. The van der Waals surface area contributed by atoms with E-state index < -0.39 is 0 Å². The van der Waals surface area contributed by atoms with Gasteiger partial charge in [-0.3, -0.25) is 0 Å². The fourth-order valence-corrected chi connectivity index (χ4v) is 2.78. The van der Waals surface area contributed by atoms with Crippen molar-refractivity contribution in [2.75, 3.05) is 0 Å². The average Bonchev–Trinajstić information content (AvgIpc) is 2.78. The zero-order valence-corrected chi connectivity index (χ0v) is 10.7. The van der Waals surface area contributed by atoms with Crippen LogP contribution in [0.1, 0.15) is 17.7 Å². The van der Waals surface area contributed by atoms with Crippen molar-refractivity contribution in [1.82, 2.24) is 9.97 Å². The Morgan fingerprint density at radius 1 is 1.24 bits per heavy atom. The van der Waals surface area contributed by atoms with E-state index in [9.17, 15) is 0 Å². The van der Waals surface area contributed by atoms with Crippen LogP contribution in [0.5, 0.6) is 0 Å². The molecule has 0 fully saturated rings. The van der Waals surface area contributed by atoms with Crippen molar-refractivity contribution in [2.45, 2.75) is 19.3 Å². The van der Waals surface area contributed by atoms with Crippen LogP contribution in [0.2, 0.25) is 5.02 Å². The Hall–Kier alpha value is -1.19. The predicted molar refractivity (Wildman–Crippen MR) is 71.9 cm³/mol. The second kappa shape index (κ2) is 4.24. The number of aromatic amines is 1. The molecule has 1 heterocycles. The van der Waals surface area contributed by atoms with Gasteiger partial charge in [0.15, 0.2) is 0 Å². The van der Waals surface area contributed by atoms with Crippen molar-refractivity contribution in [3.05, 3.63) is 45.2 Å². The van der Waals surface area contributed by atoms with E-state index in [4.69, 9.17) is 23.8 Å². The third-order valence-electron chi connectivity index (χ3n) is 3.09. The summed E-state index contributed by atoms with van der Waals surface area (Å²) in [5.74, 6) is 0.779. The highest BCUT2D eigenvalue weighted by molar-refractivity contribution is 7.71. The lowest BCUT2D eigenvalue weighted by Gasteiger charge is -2.07. The number of hydrogen-bond acceptors (Lipinski definition) is 2.